The summed E-state index contributed by atoms with van der Waals surface area (Å²) in [6.45, 7) is 2.78. The maximum absolute atomic E-state index is 12.5. The van der Waals surface area contributed by atoms with Crippen molar-refractivity contribution in [2.45, 2.75) is 44.7 Å². The van der Waals surface area contributed by atoms with Gasteiger partial charge in [-0.15, -0.1) is 0 Å². The standard InChI is InChI=1S/C16H20F3NO/c1-2-3-4-9-20-15(21)14-10-13(14)11-5-7-12(8-6-11)16(17,18)19/h5-8,13-14H,2-4,9-10H2,1H3,(H,20,21). The quantitative estimate of drug-likeness (QED) is 0.787. The van der Waals surface area contributed by atoms with Crippen LogP contribution in [0.4, 0.5) is 13.2 Å². The van der Waals surface area contributed by atoms with E-state index in [1.807, 2.05) is 0 Å². The van der Waals surface area contributed by atoms with E-state index in [2.05, 4.69) is 12.2 Å². The minimum atomic E-state index is -4.31. The average molecular weight is 299 g/mol. The molecule has 0 saturated heterocycles. The van der Waals surface area contributed by atoms with Gasteiger partial charge in [-0.3, -0.25) is 4.79 Å². The molecular formula is C16H20F3NO. The van der Waals surface area contributed by atoms with E-state index < -0.39 is 11.7 Å². The molecule has 0 aliphatic heterocycles. The van der Waals surface area contributed by atoms with Crippen molar-refractivity contribution in [1.82, 2.24) is 5.32 Å². The summed E-state index contributed by atoms with van der Waals surface area (Å²) in [6, 6.07) is 5.14. The molecular weight excluding hydrogens is 279 g/mol. The summed E-state index contributed by atoms with van der Waals surface area (Å²) in [6.07, 6.45) is -0.413. The second kappa shape index (κ2) is 6.50. The van der Waals surface area contributed by atoms with E-state index in [9.17, 15) is 18.0 Å². The van der Waals surface area contributed by atoms with Crippen molar-refractivity contribution in [2.24, 2.45) is 5.92 Å². The van der Waals surface area contributed by atoms with Gasteiger partial charge in [0.25, 0.3) is 0 Å². The van der Waals surface area contributed by atoms with Crippen LogP contribution in [0.2, 0.25) is 0 Å². The van der Waals surface area contributed by atoms with Gasteiger partial charge in [0, 0.05) is 12.5 Å². The average Bonchev–Trinajstić information content (AvgIpc) is 3.23. The van der Waals surface area contributed by atoms with Crippen LogP contribution in [-0.4, -0.2) is 12.5 Å². The Morgan fingerprint density at radius 1 is 1.24 bits per heavy atom. The lowest BCUT2D eigenvalue weighted by atomic mass is 10.1. The van der Waals surface area contributed by atoms with E-state index in [0.717, 1.165) is 43.4 Å². The van der Waals surface area contributed by atoms with Crippen LogP contribution < -0.4 is 5.32 Å². The van der Waals surface area contributed by atoms with Crippen molar-refractivity contribution in [3.05, 3.63) is 35.4 Å². The van der Waals surface area contributed by atoms with E-state index in [-0.39, 0.29) is 17.7 Å². The highest BCUT2D eigenvalue weighted by molar-refractivity contribution is 5.82. The van der Waals surface area contributed by atoms with Crippen LogP contribution in [0.25, 0.3) is 0 Å². The van der Waals surface area contributed by atoms with Gasteiger partial charge < -0.3 is 5.32 Å². The minimum Gasteiger partial charge on any atom is -0.356 e. The first-order valence-electron chi connectivity index (χ1n) is 7.38. The van der Waals surface area contributed by atoms with Crippen molar-refractivity contribution in [2.75, 3.05) is 6.54 Å². The fourth-order valence-electron chi connectivity index (χ4n) is 2.49. The Balaban J connectivity index is 1.84. The summed E-state index contributed by atoms with van der Waals surface area (Å²) in [5.41, 5.74) is 0.171. The number of alkyl halides is 3. The van der Waals surface area contributed by atoms with Crippen LogP contribution >= 0.6 is 0 Å². The van der Waals surface area contributed by atoms with Gasteiger partial charge in [-0.05, 0) is 36.5 Å². The molecule has 0 heterocycles. The summed E-state index contributed by atoms with van der Waals surface area (Å²) in [5.74, 6) is 0.0119. The largest absolute Gasteiger partial charge is 0.416 e. The molecule has 1 aliphatic carbocycles. The second-order valence-corrected chi connectivity index (χ2v) is 5.57. The maximum Gasteiger partial charge on any atom is 0.416 e. The normalized spacial score (nSPS) is 21.1. The number of carbonyl (C=O) groups is 1. The van der Waals surface area contributed by atoms with Gasteiger partial charge in [-0.25, -0.2) is 0 Å². The number of unbranched alkanes of at least 4 members (excludes halogenated alkanes) is 2. The summed E-state index contributed by atoms with van der Waals surface area (Å²) in [7, 11) is 0. The zero-order chi connectivity index (χ0) is 15.5. The zero-order valence-electron chi connectivity index (χ0n) is 12.0. The number of rotatable bonds is 6. The third-order valence-corrected chi connectivity index (χ3v) is 3.87. The number of halogens is 3. The lowest BCUT2D eigenvalue weighted by molar-refractivity contribution is -0.137. The maximum atomic E-state index is 12.5. The molecule has 0 bridgehead atoms. The molecule has 1 aromatic carbocycles. The molecule has 116 valence electrons. The molecule has 21 heavy (non-hydrogen) atoms. The highest BCUT2D eigenvalue weighted by atomic mass is 19.4. The van der Waals surface area contributed by atoms with Crippen LogP contribution in [0.15, 0.2) is 24.3 Å². The van der Waals surface area contributed by atoms with E-state index in [4.69, 9.17) is 0 Å². The molecule has 2 atom stereocenters. The molecule has 2 unspecified atom stereocenters. The Hall–Kier alpha value is -1.52. The van der Waals surface area contributed by atoms with Crippen molar-refractivity contribution in [3.8, 4) is 0 Å². The van der Waals surface area contributed by atoms with Crippen molar-refractivity contribution in [1.29, 1.82) is 0 Å². The molecule has 5 heteroatoms. The van der Waals surface area contributed by atoms with Crippen LogP contribution in [0.5, 0.6) is 0 Å². The molecule has 2 nitrogen and oxygen atoms in total. The number of carbonyl (C=O) groups excluding carboxylic acids is 1. The summed E-state index contributed by atoms with van der Waals surface area (Å²) in [4.78, 5) is 11.9. The molecule has 0 radical (unpaired) electrons. The molecule has 0 spiro atoms. The first-order chi connectivity index (χ1) is 9.93. The highest BCUT2D eigenvalue weighted by Crippen LogP contribution is 2.47. The van der Waals surface area contributed by atoms with Gasteiger partial charge in [0.15, 0.2) is 0 Å². The Morgan fingerprint density at radius 2 is 1.90 bits per heavy atom. The van der Waals surface area contributed by atoms with Crippen LogP contribution in [0.3, 0.4) is 0 Å². The Morgan fingerprint density at radius 3 is 2.48 bits per heavy atom. The smallest absolute Gasteiger partial charge is 0.356 e. The van der Waals surface area contributed by atoms with Crippen molar-refractivity contribution < 1.29 is 18.0 Å². The van der Waals surface area contributed by atoms with Gasteiger partial charge in [0.2, 0.25) is 5.91 Å². The van der Waals surface area contributed by atoms with Crippen LogP contribution in [0, 0.1) is 5.92 Å². The van der Waals surface area contributed by atoms with Crippen molar-refractivity contribution in [3.63, 3.8) is 0 Å². The lowest BCUT2D eigenvalue weighted by Gasteiger charge is -2.08. The predicted molar refractivity (Wildman–Crippen MR) is 74.8 cm³/mol. The van der Waals surface area contributed by atoms with E-state index in [1.54, 1.807) is 0 Å². The fourth-order valence-corrected chi connectivity index (χ4v) is 2.49. The van der Waals surface area contributed by atoms with Gasteiger partial charge in [-0.1, -0.05) is 31.9 Å². The Labute approximate surface area is 122 Å². The van der Waals surface area contributed by atoms with Gasteiger partial charge in [0.05, 0.1) is 5.56 Å². The third kappa shape index (κ3) is 4.22. The predicted octanol–water partition coefficient (Wildman–Crippen LogP) is 4.12. The van der Waals surface area contributed by atoms with Gasteiger partial charge in [0.1, 0.15) is 0 Å². The zero-order valence-corrected chi connectivity index (χ0v) is 12.0. The molecule has 1 aliphatic rings. The van der Waals surface area contributed by atoms with Crippen molar-refractivity contribution >= 4 is 5.91 Å². The van der Waals surface area contributed by atoms with Crippen LogP contribution in [0.1, 0.15) is 49.7 Å². The first-order valence-corrected chi connectivity index (χ1v) is 7.38. The molecule has 1 fully saturated rings. The lowest BCUT2D eigenvalue weighted by Crippen LogP contribution is -2.26. The summed E-state index contributed by atoms with van der Waals surface area (Å²) >= 11 is 0. The molecule has 1 amide bonds. The van der Waals surface area contributed by atoms with E-state index in [1.165, 1.54) is 12.1 Å². The summed E-state index contributed by atoms with van der Waals surface area (Å²) < 4.78 is 37.4. The summed E-state index contributed by atoms with van der Waals surface area (Å²) in [5, 5.41) is 2.90. The monoisotopic (exact) mass is 299 g/mol. The molecule has 2 rings (SSSR count). The number of benzene rings is 1. The molecule has 1 saturated carbocycles. The Kier molecular flexibility index (Phi) is 4.91. The molecule has 1 N–H and O–H groups in total. The first kappa shape index (κ1) is 15.9. The van der Waals surface area contributed by atoms with Crippen LogP contribution in [-0.2, 0) is 11.0 Å². The van der Waals surface area contributed by atoms with Gasteiger partial charge >= 0.3 is 6.18 Å². The van der Waals surface area contributed by atoms with Gasteiger partial charge in [-0.2, -0.15) is 13.2 Å². The topological polar surface area (TPSA) is 29.1 Å². The number of hydrogen-bond acceptors (Lipinski definition) is 1. The third-order valence-electron chi connectivity index (χ3n) is 3.87. The van der Waals surface area contributed by atoms with E-state index in [0.29, 0.717) is 6.54 Å². The number of hydrogen-bond donors (Lipinski definition) is 1. The Bertz CT molecular complexity index is 481. The highest BCUT2D eigenvalue weighted by Gasteiger charge is 2.44. The molecule has 1 aromatic rings. The second-order valence-electron chi connectivity index (χ2n) is 5.57. The number of nitrogens with one attached hydrogen (secondary N) is 1. The SMILES string of the molecule is CCCCCNC(=O)C1CC1c1ccc(C(F)(F)F)cc1. The number of amides is 1. The molecule has 0 aromatic heterocycles. The van der Waals surface area contributed by atoms with E-state index >= 15 is 0 Å². The fraction of sp³-hybridized carbons (Fsp3) is 0.562. The minimum absolute atomic E-state index is 0.0241.